The number of amides is 2. The molecule has 0 bridgehead atoms. The smallest absolute Gasteiger partial charge is 0.315 e. The van der Waals surface area contributed by atoms with E-state index in [1.54, 1.807) is 24.3 Å². The van der Waals surface area contributed by atoms with Gasteiger partial charge in [0.1, 0.15) is 0 Å². The number of rotatable bonds is 6. The highest BCUT2D eigenvalue weighted by atomic mass is 35.5. The summed E-state index contributed by atoms with van der Waals surface area (Å²) in [5.74, 6) is 0.878. The molecule has 3 rings (SSSR count). The number of halogens is 1. The molecular formula is C16H15ClN6O3. The molecule has 1 aromatic carbocycles. The molecule has 2 amide bonds. The fourth-order valence-corrected chi connectivity index (χ4v) is 2.19. The Morgan fingerprint density at radius 2 is 1.96 bits per heavy atom. The summed E-state index contributed by atoms with van der Waals surface area (Å²) >= 11 is 5.84. The number of nitrogens with one attached hydrogen (secondary N) is 3. The molecule has 26 heavy (non-hydrogen) atoms. The number of carbonyl (C=O) groups excluding carboxylic acids is 1. The molecule has 2 aromatic heterocycles. The monoisotopic (exact) mass is 374 g/mol. The topological polar surface area (TPSA) is 126 Å². The fourth-order valence-electron chi connectivity index (χ4n) is 2.06. The number of hydrogen-bond acceptors (Lipinski definition) is 6. The van der Waals surface area contributed by atoms with Gasteiger partial charge >= 0.3 is 6.03 Å². The van der Waals surface area contributed by atoms with Crippen LogP contribution in [0.15, 0.2) is 45.7 Å². The summed E-state index contributed by atoms with van der Waals surface area (Å²) in [7, 11) is 0. The molecule has 134 valence electrons. The third-order valence-electron chi connectivity index (χ3n) is 3.36. The van der Waals surface area contributed by atoms with Crippen molar-refractivity contribution in [1.82, 2.24) is 31.0 Å². The Labute approximate surface area is 152 Å². The molecule has 0 aliphatic heterocycles. The van der Waals surface area contributed by atoms with Crippen molar-refractivity contribution in [3.63, 3.8) is 0 Å². The molecule has 0 aliphatic rings. The van der Waals surface area contributed by atoms with Crippen LogP contribution in [-0.2, 0) is 13.0 Å². The van der Waals surface area contributed by atoms with E-state index in [1.165, 1.54) is 12.1 Å². The number of nitrogens with zero attached hydrogens (tertiary/aromatic N) is 3. The van der Waals surface area contributed by atoms with Crippen molar-refractivity contribution in [1.29, 1.82) is 0 Å². The minimum atomic E-state index is -0.365. The Balaban J connectivity index is 1.43. The van der Waals surface area contributed by atoms with Crippen molar-refractivity contribution < 1.29 is 9.32 Å². The number of aromatic amines is 1. The molecule has 9 nitrogen and oxygen atoms in total. The van der Waals surface area contributed by atoms with Crippen LogP contribution >= 0.6 is 11.6 Å². The summed E-state index contributed by atoms with van der Waals surface area (Å²) in [6, 6.07) is 9.61. The standard InChI is InChI=1S/C16H15ClN6O3/c17-11-3-1-10(2-4-11)15-20-14(26-23-15)7-8-18-16(25)19-9-12-5-6-13(24)22-21-12/h1-6H,7-9H2,(H,22,24)(H2,18,19,25). The average molecular weight is 375 g/mol. The van der Waals surface area contributed by atoms with E-state index in [4.69, 9.17) is 16.1 Å². The number of benzene rings is 1. The van der Waals surface area contributed by atoms with Gasteiger partial charge in [-0.15, -0.1) is 0 Å². The predicted octanol–water partition coefficient (Wildman–Crippen LogP) is 1.52. The fraction of sp³-hybridized carbons (Fsp3) is 0.188. The molecule has 0 unspecified atom stereocenters. The SMILES string of the molecule is O=C(NCCc1nc(-c2ccc(Cl)cc2)no1)NCc1ccc(=O)[nH]n1. The van der Waals surface area contributed by atoms with E-state index >= 15 is 0 Å². The molecular weight excluding hydrogens is 360 g/mol. The van der Waals surface area contributed by atoms with Crippen LogP contribution < -0.4 is 16.2 Å². The van der Waals surface area contributed by atoms with Gasteiger partial charge in [-0.2, -0.15) is 10.1 Å². The maximum Gasteiger partial charge on any atom is 0.315 e. The van der Waals surface area contributed by atoms with E-state index in [9.17, 15) is 9.59 Å². The molecule has 10 heteroatoms. The first-order valence-corrected chi connectivity index (χ1v) is 8.13. The Kier molecular flexibility index (Phi) is 5.59. The summed E-state index contributed by atoms with van der Waals surface area (Å²) in [6.07, 6.45) is 0.394. The van der Waals surface area contributed by atoms with E-state index in [-0.39, 0.29) is 18.1 Å². The van der Waals surface area contributed by atoms with Crippen LogP contribution in [0.5, 0.6) is 0 Å². The van der Waals surface area contributed by atoms with Crippen molar-refractivity contribution in [3.05, 3.63) is 63.4 Å². The summed E-state index contributed by atoms with van der Waals surface area (Å²) in [5.41, 5.74) is 1.04. The Morgan fingerprint density at radius 1 is 1.15 bits per heavy atom. The van der Waals surface area contributed by atoms with Crippen LogP contribution in [0.3, 0.4) is 0 Å². The van der Waals surface area contributed by atoms with Crippen LogP contribution in [0.1, 0.15) is 11.6 Å². The lowest BCUT2D eigenvalue weighted by molar-refractivity contribution is 0.240. The maximum atomic E-state index is 11.7. The second-order valence-electron chi connectivity index (χ2n) is 5.29. The number of carbonyl (C=O) groups is 1. The van der Waals surface area contributed by atoms with Gasteiger partial charge in [0.2, 0.25) is 11.7 Å². The van der Waals surface area contributed by atoms with Gasteiger partial charge in [-0.3, -0.25) is 4.79 Å². The lowest BCUT2D eigenvalue weighted by atomic mass is 10.2. The first-order chi connectivity index (χ1) is 12.6. The first-order valence-electron chi connectivity index (χ1n) is 7.75. The van der Waals surface area contributed by atoms with Gasteiger partial charge in [0, 0.05) is 29.6 Å². The lowest BCUT2D eigenvalue weighted by Crippen LogP contribution is -2.36. The third-order valence-corrected chi connectivity index (χ3v) is 3.61. The third kappa shape index (κ3) is 4.90. The number of hydrogen-bond donors (Lipinski definition) is 3. The van der Waals surface area contributed by atoms with E-state index in [0.717, 1.165) is 5.56 Å². The highest BCUT2D eigenvalue weighted by Gasteiger charge is 2.09. The summed E-state index contributed by atoms with van der Waals surface area (Å²) in [4.78, 5) is 26.9. The van der Waals surface area contributed by atoms with Gasteiger partial charge in [-0.1, -0.05) is 16.8 Å². The van der Waals surface area contributed by atoms with Crippen molar-refractivity contribution in [3.8, 4) is 11.4 Å². The maximum absolute atomic E-state index is 11.7. The van der Waals surface area contributed by atoms with Crippen LogP contribution in [0.25, 0.3) is 11.4 Å². The van der Waals surface area contributed by atoms with E-state index < -0.39 is 0 Å². The zero-order valence-electron chi connectivity index (χ0n) is 13.5. The average Bonchev–Trinajstić information content (AvgIpc) is 3.11. The number of aromatic nitrogens is 4. The minimum Gasteiger partial charge on any atom is -0.339 e. The second kappa shape index (κ2) is 8.26. The van der Waals surface area contributed by atoms with E-state index in [0.29, 0.717) is 35.4 Å². The Morgan fingerprint density at radius 3 is 2.69 bits per heavy atom. The molecule has 0 spiro atoms. The van der Waals surface area contributed by atoms with E-state index in [1.807, 2.05) is 0 Å². The molecule has 3 aromatic rings. The number of H-pyrrole nitrogens is 1. The van der Waals surface area contributed by atoms with Crippen LogP contribution in [-0.4, -0.2) is 32.9 Å². The van der Waals surface area contributed by atoms with Crippen molar-refractivity contribution in [2.75, 3.05) is 6.54 Å². The summed E-state index contributed by atoms with van der Waals surface area (Å²) < 4.78 is 5.16. The molecule has 0 aliphatic carbocycles. The zero-order chi connectivity index (χ0) is 18.4. The quantitative estimate of drug-likeness (QED) is 0.600. The molecule has 0 saturated carbocycles. The van der Waals surface area contributed by atoms with Crippen molar-refractivity contribution >= 4 is 17.6 Å². The zero-order valence-corrected chi connectivity index (χ0v) is 14.3. The van der Waals surface area contributed by atoms with Gasteiger partial charge < -0.3 is 15.2 Å². The normalized spacial score (nSPS) is 10.5. The highest BCUT2D eigenvalue weighted by molar-refractivity contribution is 6.30. The van der Waals surface area contributed by atoms with E-state index in [2.05, 4.69) is 31.0 Å². The van der Waals surface area contributed by atoms with Gasteiger partial charge in [0.25, 0.3) is 5.56 Å². The molecule has 3 N–H and O–H groups in total. The highest BCUT2D eigenvalue weighted by Crippen LogP contribution is 2.18. The molecule has 0 atom stereocenters. The van der Waals surface area contributed by atoms with Gasteiger partial charge in [-0.05, 0) is 30.3 Å². The Bertz CT molecular complexity index is 917. The van der Waals surface area contributed by atoms with Crippen LogP contribution in [0.2, 0.25) is 5.02 Å². The number of urea groups is 1. The summed E-state index contributed by atoms with van der Waals surface area (Å²) in [6.45, 7) is 0.525. The molecule has 0 fully saturated rings. The van der Waals surface area contributed by atoms with Gasteiger partial charge in [0.05, 0.1) is 12.2 Å². The largest absolute Gasteiger partial charge is 0.339 e. The minimum absolute atomic E-state index is 0.198. The molecule has 0 saturated heterocycles. The second-order valence-corrected chi connectivity index (χ2v) is 5.73. The lowest BCUT2D eigenvalue weighted by Gasteiger charge is -2.05. The van der Waals surface area contributed by atoms with Gasteiger partial charge in [-0.25, -0.2) is 9.89 Å². The Hall–Kier alpha value is -3.20. The molecule has 0 radical (unpaired) electrons. The van der Waals surface area contributed by atoms with Crippen LogP contribution in [0.4, 0.5) is 4.79 Å². The predicted molar refractivity (Wildman–Crippen MR) is 93.5 cm³/mol. The first kappa shape index (κ1) is 17.6. The van der Waals surface area contributed by atoms with Gasteiger partial charge in [0.15, 0.2) is 0 Å². The molecule has 2 heterocycles. The van der Waals surface area contributed by atoms with Crippen LogP contribution in [0, 0.1) is 0 Å². The van der Waals surface area contributed by atoms with Crippen molar-refractivity contribution in [2.24, 2.45) is 0 Å². The summed E-state index contributed by atoms with van der Waals surface area (Å²) in [5, 5.41) is 15.9. The van der Waals surface area contributed by atoms with Crippen molar-refractivity contribution in [2.45, 2.75) is 13.0 Å².